The van der Waals surface area contributed by atoms with Gasteiger partial charge in [-0.15, -0.1) is 0 Å². The Labute approximate surface area is 93.7 Å². The van der Waals surface area contributed by atoms with Gasteiger partial charge in [-0.3, -0.25) is 0 Å². The fourth-order valence-corrected chi connectivity index (χ4v) is 1.57. The molecule has 0 aromatic heterocycles. The van der Waals surface area contributed by atoms with Crippen LogP contribution in [0.2, 0.25) is 0 Å². The molecule has 78 valence electrons. The third-order valence-electron chi connectivity index (χ3n) is 2.62. The Balaban J connectivity index is 2.83. The summed E-state index contributed by atoms with van der Waals surface area (Å²) < 4.78 is 13.7. The first-order valence-electron chi connectivity index (χ1n) is 4.88. The van der Waals surface area contributed by atoms with E-state index in [0.717, 1.165) is 18.4 Å². The van der Waals surface area contributed by atoms with Gasteiger partial charge in [-0.1, -0.05) is 33.3 Å². The minimum atomic E-state index is -0.172. The van der Waals surface area contributed by atoms with Gasteiger partial charge >= 0.3 is 0 Å². The van der Waals surface area contributed by atoms with Crippen LogP contribution in [0.3, 0.4) is 0 Å². The predicted molar refractivity (Wildman–Crippen MR) is 61.9 cm³/mol. The lowest BCUT2D eigenvalue weighted by molar-refractivity contribution is 0.348. The summed E-state index contributed by atoms with van der Waals surface area (Å²) in [6.45, 7) is 6.56. The van der Waals surface area contributed by atoms with E-state index in [1.54, 1.807) is 12.1 Å². The maximum atomic E-state index is 13.2. The molecule has 2 heteroatoms. The van der Waals surface area contributed by atoms with Crippen molar-refractivity contribution in [3.05, 3.63) is 34.1 Å². The van der Waals surface area contributed by atoms with Crippen molar-refractivity contribution in [3.63, 3.8) is 0 Å². The molecule has 0 heterocycles. The molecule has 14 heavy (non-hydrogen) atoms. The van der Waals surface area contributed by atoms with E-state index in [1.807, 2.05) is 6.07 Å². The van der Waals surface area contributed by atoms with Crippen LogP contribution in [0.4, 0.5) is 4.39 Å². The van der Waals surface area contributed by atoms with E-state index >= 15 is 0 Å². The average Bonchev–Trinajstić information content (AvgIpc) is 2.11. The molecule has 0 aliphatic heterocycles. The first-order chi connectivity index (χ1) is 6.44. The summed E-state index contributed by atoms with van der Waals surface area (Å²) >= 11 is 3.15. The molecule has 0 atom stereocenters. The molecular formula is C12H16BrF. The topological polar surface area (TPSA) is 0 Å². The normalized spacial score (nSPS) is 11.8. The Bertz CT molecular complexity index is 318. The summed E-state index contributed by atoms with van der Waals surface area (Å²) in [7, 11) is 0. The smallest absolute Gasteiger partial charge is 0.137 e. The van der Waals surface area contributed by atoms with Crippen LogP contribution in [0.15, 0.2) is 22.7 Å². The van der Waals surface area contributed by atoms with Crippen LogP contribution < -0.4 is 0 Å². The molecule has 1 aromatic rings. The Morgan fingerprint density at radius 1 is 1.36 bits per heavy atom. The van der Waals surface area contributed by atoms with Gasteiger partial charge in [0.2, 0.25) is 0 Å². The van der Waals surface area contributed by atoms with Crippen LogP contribution >= 0.6 is 15.9 Å². The van der Waals surface area contributed by atoms with E-state index in [2.05, 4.69) is 36.7 Å². The molecule has 0 saturated carbocycles. The van der Waals surface area contributed by atoms with Gasteiger partial charge in [0.15, 0.2) is 0 Å². The molecule has 0 unspecified atom stereocenters. The lowest BCUT2D eigenvalue weighted by atomic mass is 9.83. The van der Waals surface area contributed by atoms with Gasteiger partial charge in [-0.05, 0) is 45.5 Å². The second-order valence-corrected chi connectivity index (χ2v) is 5.30. The summed E-state index contributed by atoms with van der Waals surface area (Å²) in [4.78, 5) is 0. The third kappa shape index (κ3) is 3.09. The number of rotatable bonds is 3. The lowest BCUT2D eigenvalue weighted by Crippen LogP contribution is -2.13. The number of hydrogen-bond acceptors (Lipinski definition) is 0. The standard InChI is InChI=1S/C12H16BrF/c1-4-12(2,3)8-9-5-6-10(13)11(14)7-9/h5-7H,4,8H2,1-3H3. The van der Waals surface area contributed by atoms with E-state index in [0.29, 0.717) is 4.47 Å². The van der Waals surface area contributed by atoms with E-state index in [-0.39, 0.29) is 11.2 Å². The van der Waals surface area contributed by atoms with Gasteiger partial charge in [0, 0.05) is 0 Å². The highest BCUT2D eigenvalue weighted by Crippen LogP contribution is 2.27. The minimum absolute atomic E-state index is 0.172. The zero-order valence-electron chi connectivity index (χ0n) is 8.90. The monoisotopic (exact) mass is 258 g/mol. The summed E-state index contributed by atoms with van der Waals surface area (Å²) in [5.41, 5.74) is 1.32. The van der Waals surface area contributed by atoms with E-state index < -0.39 is 0 Å². The van der Waals surface area contributed by atoms with Gasteiger partial charge in [-0.25, -0.2) is 4.39 Å². The molecule has 0 aliphatic rings. The van der Waals surface area contributed by atoms with Crippen molar-refractivity contribution in [2.75, 3.05) is 0 Å². The fraction of sp³-hybridized carbons (Fsp3) is 0.500. The molecular weight excluding hydrogens is 243 g/mol. The molecule has 0 aliphatic carbocycles. The molecule has 0 nitrogen and oxygen atoms in total. The van der Waals surface area contributed by atoms with Crippen LogP contribution in [0, 0.1) is 11.2 Å². The van der Waals surface area contributed by atoms with Crippen LogP contribution in [-0.4, -0.2) is 0 Å². The molecule has 0 amide bonds. The predicted octanol–water partition coefficient (Wildman–Crippen LogP) is 4.57. The van der Waals surface area contributed by atoms with Crippen molar-refractivity contribution in [2.45, 2.75) is 33.6 Å². The SMILES string of the molecule is CCC(C)(C)Cc1ccc(Br)c(F)c1. The fourth-order valence-electron chi connectivity index (χ4n) is 1.33. The van der Waals surface area contributed by atoms with E-state index in [9.17, 15) is 4.39 Å². The molecule has 0 N–H and O–H groups in total. The molecule has 0 saturated heterocycles. The van der Waals surface area contributed by atoms with Gasteiger partial charge in [0.05, 0.1) is 4.47 Å². The van der Waals surface area contributed by atoms with Gasteiger partial charge in [0.25, 0.3) is 0 Å². The molecule has 0 fully saturated rings. The molecule has 0 bridgehead atoms. The first-order valence-corrected chi connectivity index (χ1v) is 5.68. The number of halogens is 2. The molecule has 1 rings (SSSR count). The second kappa shape index (κ2) is 4.43. The minimum Gasteiger partial charge on any atom is -0.206 e. The van der Waals surface area contributed by atoms with Crippen molar-refractivity contribution >= 4 is 15.9 Å². The molecule has 0 radical (unpaired) electrons. The second-order valence-electron chi connectivity index (χ2n) is 4.44. The van der Waals surface area contributed by atoms with E-state index in [4.69, 9.17) is 0 Å². The van der Waals surface area contributed by atoms with Crippen LogP contribution in [0.1, 0.15) is 32.8 Å². The van der Waals surface area contributed by atoms with Crippen LogP contribution in [-0.2, 0) is 6.42 Å². The molecule has 0 spiro atoms. The Kier molecular flexibility index (Phi) is 3.71. The zero-order valence-corrected chi connectivity index (χ0v) is 10.5. The van der Waals surface area contributed by atoms with Gasteiger partial charge < -0.3 is 0 Å². The number of hydrogen-bond donors (Lipinski definition) is 0. The highest BCUT2D eigenvalue weighted by atomic mass is 79.9. The highest BCUT2D eigenvalue weighted by molar-refractivity contribution is 9.10. The quantitative estimate of drug-likeness (QED) is 0.746. The van der Waals surface area contributed by atoms with Crippen molar-refractivity contribution in [1.29, 1.82) is 0 Å². The van der Waals surface area contributed by atoms with Crippen LogP contribution in [0.25, 0.3) is 0 Å². The summed E-state index contributed by atoms with van der Waals surface area (Å²) in [6.07, 6.45) is 2.03. The first kappa shape index (κ1) is 11.7. The van der Waals surface area contributed by atoms with Crippen molar-refractivity contribution in [3.8, 4) is 0 Å². The highest BCUT2D eigenvalue weighted by Gasteiger charge is 2.16. The Morgan fingerprint density at radius 2 is 2.00 bits per heavy atom. The number of benzene rings is 1. The van der Waals surface area contributed by atoms with Gasteiger partial charge in [0.1, 0.15) is 5.82 Å². The van der Waals surface area contributed by atoms with Crippen molar-refractivity contribution < 1.29 is 4.39 Å². The van der Waals surface area contributed by atoms with Gasteiger partial charge in [-0.2, -0.15) is 0 Å². The maximum absolute atomic E-state index is 13.2. The Hall–Kier alpha value is -0.370. The van der Waals surface area contributed by atoms with E-state index in [1.165, 1.54) is 0 Å². The Morgan fingerprint density at radius 3 is 2.50 bits per heavy atom. The van der Waals surface area contributed by atoms with Crippen molar-refractivity contribution in [2.24, 2.45) is 5.41 Å². The average molecular weight is 259 g/mol. The third-order valence-corrected chi connectivity index (χ3v) is 3.27. The largest absolute Gasteiger partial charge is 0.206 e. The van der Waals surface area contributed by atoms with Crippen LogP contribution in [0.5, 0.6) is 0 Å². The molecule has 1 aromatic carbocycles. The summed E-state index contributed by atoms with van der Waals surface area (Å²) in [5, 5.41) is 0. The summed E-state index contributed by atoms with van der Waals surface area (Å²) in [6, 6.07) is 5.36. The van der Waals surface area contributed by atoms with Crippen molar-refractivity contribution in [1.82, 2.24) is 0 Å². The summed E-state index contributed by atoms with van der Waals surface area (Å²) in [5.74, 6) is -0.172. The zero-order chi connectivity index (χ0) is 10.8. The maximum Gasteiger partial charge on any atom is 0.137 e. The lowest BCUT2D eigenvalue weighted by Gasteiger charge is -2.22.